The van der Waals surface area contributed by atoms with E-state index in [1.807, 2.05) is 0 Å². The van der Waals surface area contributed by atoms with E-state index >= 15 is 0 Å². The first-order valence-corrected chi connectivity index (χ1v) is 4.02. The Morgan fingerprint density at radius 2 is 2.33 bits per heavy atom. The van der Waals surface area contributed by atoms with Crippen LogP contribution >= 0.6 is 15.9 Å². The van der Waals surface area contributed by atoms with E-state index in [1.54, 1.807) is 0 Å². The van der Waals surface area contributed by atoms with Gasteiger partial charge in [-0.25, -0.2) is 8.78 Å². The summed E-state index contributed by atoms with van der Waals surface area (Å²) in [7, 11) is 0. The van der Waals surface area contributed by atoms with Crippen LogP contribution in [0.2, 0.25) is 0 Å². The molecule has 1 aromatic heterocycles. The molecule has 1 atom stereocenters. The number of aromatic amines is 1. The maximum atomic E-state index is 12.4. The Bertz CT molecular complexity index is 272. The molecule has 0 aliphatic carbocycles. The van der Waals surface area contributed by atoms with Crippen molar-refractivity contribution in [2.45, 2.75) is 18.9 Å². The molecule has 0 aromatic carbocycles. The Morgan fingerprint density at radius 1 is 1.75 bits per heavy atom. The van der Waals surface area contributed by atoms with Gasteiger partial charge in [0.15, 0.2) is 0 Å². The highest BCUT2D eigenvalue weighted by Gasteiger charge is 2.35. The molecule has 68 valence electrons. The molecule has 0 bridgehead atoms. The van der Waals surface area contributed by atoms with Crippen molar-refractivity contribution in [3.8, 4) is 0 Å². The van der Waals surface area contributed by atoms with Crippen molar-refractivity contribution in [2.75, 3.05) is 0 Å². The molecule has 3 nitrogen and oxygen atoms in total. The van der Waals surface area contributed by atoms with Crippen LogP contribution in [0.4, 0.5) is 8.78 Å². The maximum absolute atomic E-state index is 12.4. The van der Waals surface area contributed by atoms with Crippen molar-refractivity contribution in [1.29, 1.82) is 0 Å². The van der Waals surface area contributed by atoms with E-state index in [9.17, 15) is 8.78 Å². The van der Waals surface area contributed by atoms with E-state index in [-0.39, 0.29) is 5.69 Å². The Hall–Kier alpha value is -0.490. The van der Waals surface area contributed by atoms with Gasteiger partial charge in [-0.2, -0.15) is 5.10 Å². The van der Waals surface area contributed by atoms with E-state index in [1.165, 1.54) is 13.1 Å². The van der Waals surface area contributed by atoms with Crippen molar-refractivity contribution >= 4 is 15.9 Å². The van der Waals surface area contributed by atoms with Gasteiger partial charge in [-0.3, -0.25) is 5.10 Å². The first-order chi connectivity index (χ1) is 5.46. The number of H-pyrrole nitrogens is 1. The highest BCUT2D eigenvalue weighted by molar-refractivity contribution is 9.10. The van der Waals surface area contributed by atoms with Gasteiger partial charge in [-0.1, -0.05) is 0 Å². The fraction of sp³-hybridized carbons (Fsp3) is 0.500. The molecule has 0 fully saturated rings. The van der Waals surface area contributed by atoms with Crippen molar-refractivity contribution in [1.82, 2.24) is 10.2 Å². The number of rotatable bonds is 2. The van der Waals surface area contributed by atoms with E-state index in [0.29, 0.717) is 4.47 Å². The third-order valence-corrected chi connectivity index (χ3v) is 2.19. The van der Waals surface area contributed by atoms with Gasteiger partial charge in [-0.05, 0) is 22.9 Å². The minimum absolute atomic E-state index is 0.206. The highest BCUT2D eigenvalue weighted by atomic mass is 79.9. The average Bonchev–Trinajstić information content (AvgIpc) is 2.35. The molecule has 0 amide bonds. The second-order valence-corrected chi connectivity index (χ2v) is 3.53. The lowest BCUT2D eigenvalue weighted by molar-refractivity contribution is 0.0597. The van der Waals surface area contributed by atoms with Crippen LogP contribution in [0.3, 0.4) is 0 Å². The topological polar surface area (TPSA) is 54.7 Å². The van der Waals surface area contributed by atoms with Gasteiger partial charge in [0.05, 0.1) is 16.4 Å². The number of hydrogen-bond donors (Lipinski definition) is 2. The predicted octanol–water partition coefficient (Wildman–Crippen LogP) is 1.61. The molecule has 3 N–H and O–H groups in total. The summed E-state index contributed by atoms with van der Waals surface area (Å²) in [5.41, 5.74) is 3.90. The molecule has 12 heavy (non-hydrogen) atoms. The van der Waals surface area contributed by atoms with Crippen molar-refractivity contribution in [3.05, 3.63) is 16.4 Å². The molecule has 1 rings (SSSR count). The summed E-state index contributed by atoms with van der Waals surface area (Å²) < 4.78 is 25.2. The summed E-state index contributed by atoms with van der Waals surface area (Å²) >= 11 is 3.06. The number of aromatic nitrogens is 2. The molecule has 6 heteroatoms. The number of nitrogens with one attached hydrogen (secondary N) is 1. The standard InChI is InChI=1S/C6H8BrF2N3/c1-6(10,5(8)9)4-3(7)2-11-12-4/h2,5H,10H2,1H3,(H,11,12). The molecular formula is C6H8BrF2N3. The zero-order chi connectivity index (χ0) is 9.35. The number of nitrogens with two attached hydrogens (primary N) is 1. The van der Waals surface area contributed by atoms with Gasteiger partial charge in [0.2, 0.25) is 0 Å². The van der Waals surface area contributed by atoms with E-state index in [0.717, 1.165) is 0 Å². The van der Waals surface area contributed by atoms with E-state index in [2.05, 4.69) is 26.1 Å². The largest absolute Gasteiger partial charge is 0.316 e. The first kappa shape index (κ1) is 9.60. The monoisotopic (exact) mass is 239 g/mol. The SMILES string of the molecule is CC(N)(c1[nH]ncc1Br)C(F)F. The van der Waals surface area contributed by atoms with Gasteiger partial charge >= 0.3 is 0 Å². The molecule has 0 saturated heterocycles. The quantitative estimate of drug-likeness (QED) is 0.825. The van der Waals surface area contributed by atoms with Crippen LogP contribution in [0.25, 0.3) is 0 Å². The minimum Gasteiger partial charge on any atom is -0.316 e. The fourth-order valence-electron chi connectivity index (χ4n) is 0.758. The van der Waals surface area contributed by atoms with Gasteiger partial charge in [0.1, 0.15) is 5.54 Å². The highest BCUT2D eigenvalue weighted by Crippen LogP contribution is 2.28. The van der Waals surface area contributed by atoms with Crippen LogP contribution in [-0.2, 0) is 5.54 Å². The Morgan fingerprint density at radius 3 is 2.67 bits per heavy atom. The molecule has 1 heterocycles. The summed E-state index contributed by atoms with van der Waals surface area (Å²) in [5, 5.41) is 6.01. The van der Waals surface area contributed by atoms with Crippen molar-refractivity contribution in [2.24, 2.45) is 5.73 Å². The van der Waals surface area contributed by atoms with Gasteiger partial charge in [0.25, 0.3) is 6.43 Å². The summed E-state index contributed by atoms with van der Waals surface area (Å²) in [5.74, 6) is 0. The molecule has 0 radical (unpaired) electrons. The van der Waals surface area contributed by atoms with E-state index in [4.69, 9.17) is 5.73 Å². The fourth-order valence-corrected chi connectivity index (χ4v) is 1.38. The maximum Gasteiger partial charge on any atom is 0.261 e. The third kappa shape index (κ3) is 1.49. The Kier molecular flexibility index (Phi) is 2.48. The number of alkyl halides is 2. The van der Waals surface area contributed by atoms with Crippen LogP contribution < -0.4 is 5.73 Å². The predicted molar refractivity (Wildman–Crippen MR) is 43.8 cm³/mol. The summed E-state index contributed by atoms with van der Waals surface area (Å²) in [6.07, 6.45) is -1.24. The Labute approximate surface area is 76.5 Å². The van der Waals surface area contributed by atoms with Crippen LogP contribution in [0, 0.1) is 0 Å². The second-order valence-electron chi connectivity index (χ2n) is 2.68. The zero-order valence-electron chi connectivity index (χ0n) is 6.31. The van der Waals surface area contributed by atoms with Crippen LogP contribution in [-0.4, -0.2) is 16.6 Å². The summed E-state index contributed by atoms with van der Waals surface area (Å²) in [6, 6.07) is 0. The smallest absolute Gasteiger partial charge is 0.261 e. The molecular weight excluding hydrogens is 232 g/mol. The number of hydrogen-bond acceptors (Lipinski definition) is 2. The van der Waals surface area contributed by atoms with Crippen molar-refractivity contribution < 1.29 is 8.78 Å². The lowest BCUT2D eigenvalue weighted by Crippen LogP contribution is -2.41. The van der Waals surface area contributed by atoms with E-state index < -0.39 is 12.0 Å². The lowest BCUT2D eigenvalue weighted by Gasteiger charge is -2.21. The molecule has 0 saturated carbocycles. The normalized spacial score (nSPS) is 16.5. The molecule has 0 aliphatic rings. The molecule has 1 unspecified atom stereocenters. The lowest BCUT2D eigenvalue weighted by atomic mass is 10.0. The van der Waals surface area contributed by atoms with Gasteiger partial charge in [-0.15, -0.1) is 0 Å². The first-order valence-electron chi connectivity index (χ1n) is 3.22. The molecule has 1 aromatic rings. The Balaban J connectivity index is 3.05. The molecule has 0 spiro atoms. The van der Waals surface area contributed by atoms with Crippen molar-refractivity contribution in [3.63, 3.8) is 0 Å². The second kappa shape index (κ2) is 3.10. The summed E-state index contributed by atoms with van der Waals surface area (Å²) in [6.45, 7) is 1.25. The average molecular weight is 240 g/mol. The van der Waals surface area contributed by atoms with Gasteiger partial charge in [0, 0.05) is 0 Å². The third-order valence-electron chi connectivity index (χ3n) is 1.59. The number of nitrogens with zero attached hydrogens (tertiary/aromatic N) is 1. The zero-order valence-corrected chi connectivity index (χ0v) is 7.90. The van der Waals surface area contributed by atoms with Crippen LogP contribution in [0.5, 0.6) is 0 Å². The number of halogens is 3. The summed E-state index contributed by atoms with van der Waals surface area (Å²) in [4.78, 5) is 0. The van der Waals surface area contributed by atoms with Crippen LogP contribution in [0.15, 0.2) is 10.7 Å². The minimum atomic E-state index is -2.63. The molecule has 0 aliphatic heterocycles. The van der Waals surface area contributed by atoms with Gasteiger partial charge < -0.3 is 5.73 Å². The van der Waals surface area contributed by atoms with Crippen LogP contribution in [0.1, 0.15) is 12.6 Å².